The second-order valence-electron chi connectivity index (χ2n) is 7.82. The van der Waals surface area contributed by atoms with Crippen LogP contribution in [0.4, 0.5) is 17.1 Å². The summed E-state index contributed by atoms with van der Waals surface area (Å²) in [5.41, 5.74) is 0.358. The minimum atomic E-state index is -4.48. The molecule has 9 nitrogen and oxygen atoms in total. The molecule has 0 atom stereocenters. The van der Waals surface area contributed by atoms with Crippen molar-refractivity contribution < 1.29 is 27.6 Å². The van der Waals surface area contributed by atoms with E-state index >= 15 is 0 Å². The van der Waals surface area contributed by atoms with Crippen LogP contribution >= 0.6 is 23.2 Å². The molecular weight excluding hydrogens is 541 g/mol. The number of aromatic hydroxyl groups is 1. The maximum Gasteiger partial charge on any atom is 0.294 e. The lowest BCUT2D eigenvalue weighted by atomic mass is 10.0. The third kappa shape index (κ3) is 5.23. The van der Waals surface area contributed by atoms with Crippen LogP contribution in [0, 0.1) is 6.92 Å². The first-order valence-corrected chi connectivity index (χ1v) is 12.8. The molecule has 0 radical (unpaired) electrons. The number of carbonyl (C=O) groups excluding carboxylic acids is 1. The Labute approximate surface area is 222 Å². The summed E-state index contributed by atoms with van der Waals surface area (Å²) in [7, 11) is -3.03. The fraction of sp³-hybridized carbons (Fsp3) is 0.0800. The molecule has 0 unspecified atom stereocenters. The number of benzene rings is 4. The Morgan fingerprint density at radius 2 is 1.73 bits per heavy atom. The number of anilines is 1. The van der Waals surface area contributed by atoms with E-state index in [0.29, 0.717) is 16.5 Å². The van der Waals surface area contributed by atoms with Crippen LogP contribution in [-0.4, -0.2) is 31.1 Å². The lowest BCUT2D eigenvalue weighted by molar-refractivity contribution is 0.102. The molecule has 0 saturated carbocycles. The normalized spacial score (nSPS) is 11.7. The van der Waals surface area contributed by atoms with E-state index in [1.807, 2.05) is 0 Å². The van der Waals surface area contributed by atoms with Gasteiger partial charge < -0.3 is 15.2 Å². The van der Waals surface area contributed by atoms with Gasteiger partial charge in [0.15, 0.2) is 5.75 Å². The average Bonchev–Trinajstić information content (AvgIpc) is 2.86. The van der Waals surface area contributed by atoms with E-state index < -0.39 is 21.8 Å². The smallest absolute Gasteiger partial charge is 0.294 e. The van der Waals surface area contributed by atoms with Crippen molar-refractivity contribution in [2.45, 2.75) is 11.8 Å². The van der Waals surface area contributed by atoms with Crippen LogP contribution in [-0.2, 0) is 10.1 Å². The zero-order chi connectivity index (χ0) is 26.9. The van der Waals surface area contributed by atoms with Gasteiger partial charge in [-0.3, -0.25) is 9.35 Å². The van der Waals surface area contributed by atoms with Crippen molar-refractivity contribution in [3.8, 4) is 11.5 Å². The number of carbonyl (C=O) groups is 1. The Hall–Kier alpha value is -3.70. The summed E-state index contributed by atoms with van der Waals surface area (Å²) in [5, 5.41) is 23.2. The lowest BCUT2D eigenvalue weighted by Crippen LogP contribution is -2.12. The van der Waals surface area contributed by atoms with Crippen LogP contribution in [0.15, 0.2) is 75.8 Å². The van der Waals surface area contributed by atoms with Crippen LogP contribution in [0.2, 0.25) is 10.0 Å². The molecule has 0 fully saturated rings. The molecule has 0 saturated heterocycles. The Bertz CT molecular complexity index is 1690. The fourth-order valence-electron chi connectivity index (χ4n) is 3.66. The highest BCUT2D eigenvalue weighted by Crippen LogP contribution is 2.41. The van der Waals surface area contributed by atoms with Gasteiger partial charge >= 0.3 is 0 Å². The number of azo groups is 1. The maximum absolute atomic E-state index is 13.1. The molecule has 0 spiro atoms. The molecule has 1 amide bonds. The molecule has 4 rings (SSSR count). The highest BCUT2D eigenvalue weighted by Gasteiger charge is 2.21. The van der Waals surface area contributed by atoms with Crippen molar-refractivity contribution >= 4 is 67.1 Å². The lowest BCUT2D eigenvalue weighted by Gasteiger charge is -2.13. The summed E-state index contributed by atoms with van der Waals surface area (Å²) in [6.07, 6.45) is 0. The van der Waals surface area contributed by atoms with Gasteiger partial charge in [-0.25, -0.2) is 0 Å². The first kappa shape index (κ1) is 26.4. The SMILES string of the molecule is COc1cccc(NC(=O)c2cc3ccccc3c(N=Nc3ccc(S(=O)(=O)O)c(C)c3Cl)c2O)c1Cl. The Balaban J connectivity index is 1.79. The number of amides is 1. The van der Waals surface area contributed by atoms with E-state index in [-0.39, 0.29) is 43.1 Å². The van der Waals surface area contributed by atoms with Crippen LogP contribution in [0.5, 0.6) is 11.5 Å². The third-order valence-electron chi connectivity index (χ3n) is 5.52. The fourth-order valence-corrected chi connectivity index (χ4v) is 4.90. The molecule has 0 heterocycles. The number of nitrogens with zero attached hydrogens (tertiary/aromatic N) is 2. The topological polar surface area (TPSA) is 138 Å². The molecule has 0 aliphatic heterocycles. The number of hydrogen-bond donors (Lipinski definition) is 3. The Kier molecular flexibility index (Phi) is 7.37. The average molecular weight is 560 g/mol. The van der Waals surface area contributed by atoms with Crippen molar-refractivity contribution in [3.05, 3.63) is 81.8 Å². The highest BCUT2D eigenvalue weighted by atomic mass is 35.5. The molecular formula is C25H19Cl2N3O6S. The van der Waals surface area contributed by atoms with Crippen LogP contribution in [0.3, 0.4) is 0 Å². The molecule has 0 aromatic heterocycles. The molecule has 4 aromatic carbocycles. The molecule has 4 aromatic rings. The summed E-state index contributed by atoms with van der Waals surface area (Å²) in [6.45, 7) is 1.41. The molecule has 3 N–H and O–H groups in total. The molecule has 190 valence electrons. The second kappa shape index (κ2) is 10.3. The van der Waals surface area contributed by atoms with Gasteiger partial charge in [-0.05, 0) is 48.2 Å². The largest absolute Gasteiger partial charge is 0.505 e. The van der Waals surface area contributed by atoms with Crippen molar-refractivity contribution in [1.29, 1.82) is 0 Å². The van der Waals surface area contributed by atoms with Crippen LogP contribution in [0.1, 0.15) is 15.9 Å². The van der Waals surface area contributed by atoms with E-state index in [1.54, 1.807) is 42.5 Å². The molecule has 0 bridgehead atoms. The summed E-state index contributed by atoms with van der Waals surface area (Å²) in [5.74, 6) is -0.730. The predicted octanol–water partition coefficient (Wildman–Crippen LogP) is 7.08. The second-order valence-corrected chi connectivity index (χ2v) is 9.96. The number of phenolic OH excluding ortho intramolecular Hbond substituents is 1. The zero-order valence-electron chi connectivity index (χ0n) is 19.4. The number of hydrogen-bond acceptors (Lipinski definition) is 7. The number of rotatable bonds is 6. The molecule has 12 heteroatoms. The number of phenols is 1. The van der Waals surface area contributed by atoms with Gasteiger partial charge in [0.05, 0.1) is 28.3 Å². The summed E-state index contributed by atoms with van der Waals surface area (Å²) < 4.78 is 37.6. The third-order valence-corrected chi connectivity index (χ3v) is 7.39. The van der Waals surface area contributed by atoms with Crippen molar-refractivity contribution in [2.75, 3.05) is 12.4 Å². The number of methoxy groups -OCH3 is 1. The predicted molar refractivity (Wildman–Crippen MR) is 142 cm³/mol. The number of nitrogens with one attached hydrogen (secondary N) is 1. The first-order valence-electron chi connectivity index (χ1n) is 10.6. The summed E-state index contributed by atoms with van der Waals surface area (Å²) >= 11 is 12.6. The molecule has 37 heavy (non-hydrogen) atoms. The van der Waals surface area contributed by atoms with Gasteiger partial charge in [-0.15, -0.1) is 10.2 Å². The standard InChI is InChI=1S/C25H19Cl2N3O6S/c1-13-20(37(33,34)35)11-10-18(21(13)26)29-30-23-15-7-4-3-6-14(15)12-16(24(23)31)25(32)28-17-8-5-9-19(36-2)22(17)27/h3-12,31H,1-2H3,(H,28,32)(H,33,34,35). The summed E-state index contributed by atoms with van der Waals surface area (Å²) in [6, 6.07) is 15.7. The van der Waals surface area contributed by atoms with Crippen molar-refractivity contribution in [2.24, 2.45) is 10.2 Å². The minimum absolute atomic E-state index is 0.00688. The van der Waals surface area contributed by atoms with Gasteiger partial charge in [0.2, 0.25) is 0 Å². The molecule has 0 aliphatic rings. The first-order chi connectivity index (χ1) is 17.5. The maximum atomic E-state index is 13.1. The van der Waals surface area contributed by atoms with Gasteiger partial charge in [0.1, 0.15) is 22.1 Å². The van der Waals surface area contributed by atoms with Gasteiger partial charge in [0.25, 0.3) is 16.0 Å². The number of ether oxygens (including phenoxy) is 1. The van der Waals surface area contributed by atoms with E-state index in [4.69, 9.17) is 27.9 Å². The van der Waals surface area contributed by atoms with E-state index in [9.17, 15) is 22.9 Å². The van der Waals surface area contributed by atoms with Crippen molar-refractivity contribution in [1.82, 2.24) is 0 Å². The quantitative estimate of drug-likeness (QED) is 0.170. The number of fused-ring (bicyclic) bond motifs is 1. The van der Waals surface area contributed by atoms with Gasteiger partial charge in [-0.1, -0.05) is 53.5 Å². The van der Waals surface area contributed by atoms with Crippen molar-refractivity contribution in [3.63, 3.8) is 0 Å². The van der Waals surface area contributed by atoms with Crippen LogP contribution < -0.4 is 10.1 Å². The van der Waals surface area contributed by atoms with Gasteiger partial charge in [0, 0.05) is 5.39 Å². The zero-order valence-corrected chi connectivity index (χ0v) is 21.7. The van der Waals surface area contributed by atoms with E-state index in [2.05, 4.69) is 15.5 Å². The summed E-state index contributed by atoms with van der Waals surface area (Å²) in [4.78, 5) is 12.8. The highest BCUT2D eigenvalue weighted by molar-refractivity contribution is 7.85. The Morgan fingerprint density at radius 1 is 1.00 bits per heavy atom. The van der Waals surface area contributed by atoms with E-state index in [1.165, 1.54) is 26.2 Å². The Morgan fingerprint density at radius 3 is 2.43 bits per heavy atom. The van der Waals surface area contributed by atoms with E-state index in [0.717, 1.165) is 6.07 Å². The monoisotopic (exact) mass is 559 g/mol. The van der Waals surface area contributed by atoms with Crippen LogP contribution in [0.25, 0.3) is 10.8 Å². The minimum Gasteiger partial charge on any atom is -0.505 e. The molecule has 0 aliphatic carbocycles. The van der Waals surface area contributed by atoms with Gasteiger partial charge in [-0.2, -0.15) is 8.42 Å². The number of halogens is 2.